The van der Waals surface area contributed by atoms with E-state index in [0.29, 0.717) is 23.6 Å². The monoisotopic (exact) mass is 508 g/mol. The van der Waals surface area contributed by atoms with Gasteiger partial charge in [0.15, 0.2) is 11.5 Å². The maximum absolute atomic E-state index is 13.4. The Labute approximate surface area is 216 Å². The molecule has 3 fully saturated rings. The summed E-state index contributed by atoms with van der Waals surface area (Å²) in [5.74, 6) is 0.935. The second-order valence-electron chi connectivity index (χ2n) is 11.7. The molecule has 3 unspecified atom stereocenters. The number of benzene rings is 2. The van der Waals surface area contributed by atoms with Gasteiger partial charge in [-0.2, -0.15) is 0 Å². The largest absolute Gasteiger partial charge is 0.504 e. The topological polar surface area (TPSA) is 82.0 Å². The van der Waals surface area contributed by atoms with Crippen molar-refractivity contribution in [3.05, 3.63) is 58.1 Å². The summed E-state index contributed by atoms with van der Waals surface area (Å²) in [6.07, 6.45) is 4.92. The van der Waals surface area contributed by atoms with Gasteiger partial charge in [-0.3, -0.25) is 9.69 Å². The molecule has 1 saturated heterocycles. The first-order chi connectivity index (χ1) is 17.3. The molecular weight excluding hydrogens is 476 g/mol. The summed E-state index contributed by atoms with van der Waals surface area (Å²) in [6.45, 7) is 3.84. The van der Waals surface area contributed by atoms with Crippen molar-refractivity contribution in [2.75, 3.05) is 13.1 Å². The van der Waals surface area contributed by atoms with Gasteiger partial charge in [0.25, 0.3) is 0 Å². The lowest BCUT2D eigenvalue weighted by Crippen LogP contribution is -2.78. The molecule has 6 atom stereocenters. The molecular formula is C29H33ClN2O4. The SMILES string of the molecule is CC(C(=O)NC1CC[C@@]2(O)[C@H]3Cc4ccc(O)c5c4[C@@]2(CCN3CC2CC2)C1O5)c1cccc(Cl)c1. The average Bonchev–Trinajstić information content (AvgIpc) is 3.60. The Morgan fingerprint density at radius 1 is 1.25 bits per heavy atom. The van der Waals surface area contributed by atoms with Crippen LogP contribution in [0.1, 0.15) is 61.6 Å². The van der Waals surface area contributed by atoms with Crippen LogP contribution in [0.25, 0.3) is 0 Å². The van der Waals surface area contributed by atoms with Crippen LogP contribution in [-0.2, 0) is 16.6 Å². The Hall–Kier alpha value is -2.28. The van der Waals surface area contributed by atoms with Crippen LogP contribution in [0.15, 0.2) is 36.4 Å². The molecule has 2 aromatic rings. The molecule has 7 heteroatoms. The van der Waals surface area contributed by atoms with E-state index in [0.717, 1.165) is 43.0 Å². The number of hydrogen-bond donors (Lipinski definition) is 3. The number of nitrogens with zero attached hydrogens (tertiary/aromatic N) is 1. The summed E-state index contributed by atoms with van der Waals surface area (Å²) in [7, 11) is 0. The second kappa shape index (κ2) is 7.86. The fourth-order valence-corrected chi connectivity index (χ4v) is 8.06. The number of carbonyl (C=O) groups excluding carboxylic acids is 1. The number of likely N-dealkylation sites (tertiary alicyclic amines) is 1. The lowest BCUT2D eigenvalue weighted by Gasteiger charge is -2.64. The molecule has 190 valence electrons. The van der Waals surface area contributed by atoms with Crippen LogP contribution in [0.4, 0.5) is 0 Å². The lowest BCUT2D eigenvalue weighted by molar-refractivity contribution is -0.192. The fourth-order valence-electron chi connectivity index (χ4n) is 7.86. The third-order valence-electron chi connectivity index (χ3n) is 9.83. The number of piperidine rings is 1. The minimum absolute atomic E-state index is 0.0305. The van der Waals surface area contributed by atoms with Crippen LogP contribution in [0, 0.1) is 5.92 Å². The number of aliphatic hydroxyl groups is 1. The number of amides is 1. The minimum atomic E-state index is -0.948. The van der Waals surface area contributed by atoms with E-state index in [4.69, 9.17) is 16.3 Å². The average molecular weight is 509 g/mol. The minimum Gasteiger partial charge on any atom is -0.504 e. The molecule has 3 aliphatic carbocycles. The van der Waals surface area contributed by atoms with Crippen molar-refractivity contribution in [3.8, 4) is 11.5 Å². The third-order valence-corrected chi connectivity index (χ3v) is 10.1. The van der Waals surface area contributed by atoms with Crippen molar-refractivity contribution >= 4 is 17.5 Å². The zero-order valence-corrected chi connectivity index (χ0v) is 21.3. The molecule has 0 aromatic heterocycles. The number of aromatic hydroxyl groups is 1. The van der Waals surface area contributed by atoms with Gasteiger partial charge in [-0.1, -0.05) is 29.8 Å². The predicted octanol–water partition coefficient (Wildman–Crippen LogP) is 3.90. The predicted molar refractivity (Wildman–Crippen MR) is 137 cm³/mol. The number of hydrogen-bond acceptors (Lipinski definition) is 5. The molecule has 5 aliphatic rings. The van der Waals surface area contributed by atoms with Gasteiger partial charge in [-0.15, -0.1) is 0 Å². The molecule has 1 spiro atoms. The molecule has 1 amide bonds. The normalized spacial score (nSPS) is 35.0. The first-order valence-electron chi connectivity index (χ1n) is 13.4. The number of phenols is 1. The van der Waals surface area contributed by atoms with Gasteiger partial charge < -0.3 is 20.3 Å². The molecule has 2 saturated carbocycles. The lowest BCUT2D eigenvalue weighted by atomic mass is 9.48. The standard InChI is InChI=1S/C29H33ClN2O4/c1-16(18-3-2-4-20(30)13-18)27(34)31-21-9-10-29(35)23-14-19-7-8-22(33)25-24(19)28(29,26(21)36-25)11-12-32(23)15-17-5-6-17/h2-4,7-8,13,16-17,21,23,26,33,35H,5-6,9-12,14-15H2,1H3,(H,31,34)/t16?,21?,23-,26?,28+,29-/m1/s1. The highest BCUT2D eigenvalue weighted by atomic mass is 35.5. The van der Waals surface area contributed by atoms with Gasteiger partial charge in [-0.25, -0.2) is 0 Å². The van der Waals surface area contributed by atoms with Crippen LogP contribution < -0.4 is 10.1 Å². The van der Waals surface area contributed by atoms with E-state index in [-0.39, 0.29) is 29.7 Å². The van der Waals surface area contributed by atoms with E-state index >= 15 is 0 Å². The highest BCUT2D eigenvalue weighted by Gasteiger charge is 2.73. The summed E-state index contributed by atoms with van der Waals surface area (Å²) in [4.78, 5) is 15.9. The highest BCUT2D eigenvalue weighted by molar-refractivity contribution is 6.30. The van der Waals surface area contributed by atoms with E-state index in [1.165, 1.54) is 18.4 Å². The number of halogens is 1. The summed E-state index contributed by atoms with van der Waals surface area (Å²) < 4.78 is 6.56. The van der Waals surface area contributed by atoms with Gasteiger partial charge >= 0.3 is 0 Å². The summed E-state index contributed by atoms with van der Waals surface area (Å²) >= 11 is 6.17. The molecule has 7 rings (SSSR count). The Bertz CT molecular complexity index is 1250. The van der Waals surface area contributed by atoms with Crippen molar-refractivity contribution in [1.82, 2.24) is 10.2 Å². The van der Waals surface area contributed by atoms with Crippen LogP contribution in [0.2, 0.25) is 5.02 Å². The first kappa shape index (κ1) is 22.9. The number of phenolic OH excluding ortho intramolecular Hbond substituents is 1. The maximum Gasteiger partial charge on any atom is 0.227 e. The zero-order valence-electron chi connectivity index (χ0n) is 20.5. The number of rotatable bonds is 5. The zero-order chi connectivity index (χ0) is 24.8. The Kier molecular flexibility index (Phi) is 5.00. The molecule has 2 aliphatic heterocycles. The Morgan fingerprint density at radius 2 is 2.08 bits per heavy atom. The smallest absolute Gasteiger partial charge is 0.227 e. The molecule has 6 nitrogen and oxygen atoms in total. The molecule has 36 heavy (non-hydrogen) atoms. The van der Waals surface area contributed by atoms with E-state index in [9.17, 15) is 15.0 Å². The van der Waals surface area contributed by atoms with E-state index in [1.807, 2.05) is 31.2 Å². The van der Waals surface area contributed by atoms with Gasteiger partial charge in [0.1, 0.15) is 6.10 Å². The van der Waals surface area contributed by atoms with Gasteiger partial charge in [0, 0.05) is 23.2 Å². The summed E-state index contributed by atoms with van der Waals surface area (Å²) in [6, 6.07) is 10.9. The first-order valence-corrected chi connectivity index (χ1v) is 13.7. The quantitative estimate of drug-likeness (QED) is 0.570. The molecule has 2 heterocycles. The van der Waals surface area contributed by atoms with Crippen molar-refractivity contribution < 1.29 is 19.7 Å². The number of ether oxygens (including phenoxy) is 1. The fraction of sp³-hybridized carbons (Fsp3) is 0.552. The number of carbonyl (C=O) groups is 1. The van der Waals surface area contributed by atoms with Gasteiger partial charge in [0.2, 0.25) is 5.91 Å². The Balaban J connectivity index is 1.25. The van der Waals surface area contributed by atoms with Crippen LogP contribution in [0.5, 0.6) is 11.5 Å². The van der Waals surface area contributed by atoms with Crippen LogP contribution in [0.3, 0.4) is 0 Å². The van der Waals surface area contributed by atoms with Crippen molar-refractivity contribution in [1.29, 1.82) is 0 Å². The van der Waals surface area contributed by atoms with Gasteiger partial charge in [0.05, 0.1) is 23.0 Å². The summed E-state index contributed by atoms with van der Waals surface area (Å²) in [5, 5.41) is 27.2. The highest BCUT2D eigenvalue weighted by Crippen LogP contribution is 2.65. The van der Waals surface area contributed by atoms with E-state index in [2.05, 4.69) is 10.2 Å². The van der Waals surface area contributed by atoms with Crippen molar-refractivity contribution in [2.24, 2.45) is 5.92 Å². The molecule has 2 bridgehead atoms. The van der Waals surface area contributed by atoms with Crippen LogP contribution in [-0.4, -0.2) is 57.9 Å². The third kappa shape index (κ3) is 3.07. The van der Waals surface area contributed by atoms with Crippen molar-refractivity contribution in [3.63, 3.8) is 0 Å². The Morgan fingerprint density at radius 3 is 2.86 bits per heavy atom. The summed E-state index contributed by atoms with van der Waals surface area (Å²) in [5.41, 5.74) is 1.44. The second-order valence-corrected chi connectivity index (χ2v) is 12.2. The number of nitrogens with one attached hydrogen (secondary N) is 1. The van der Waals surface area contributed by atoms with Gasteiger partial charge in [-0.05, 0) is 87.2 Å². The maximum atomic E-state index is 13.4. The van der Waals surface area contributed by atoms with Crippen molar-refractivity contribution in [2.45, 2.75) is 80.6 Å². The van der Waals surface area contributed by atoms with E-state index in [1.54, 1.807) is 12.1 Å². The molecule has 0 radical (unpaired) electrons. The molecule has 2 aromatic carbocycles. The molecule has 3 N–H and O–H groups in total. The van der Waals surface area contributed by atoms with E-state index < -0.39 is 17.1 Å². The van der Waals surface area contributed by atoms with Crippen LogP contribution >= 0.6 is 11.6 Å².